The number of hydrogen-bond donors (Lipinski definition) is 0. The summed E-state index contributed by atoms with van der Waals surface area (Å²) in [5.74, 6) is 0.691. The van der Waals surface area contributed by atoms with E-state index in [2.05, 4.69) is 47.8 Å². The second kappa shape index (κ2) is 8.82. The molecule has 0 aliphatic carbocycles. The number of halogens is 1. The number of aryl methyl sites for hydroxylation is 1. The predicted molar refractivity (Wildman–Crippen MR) is 111 cm³/mol. The Bertz CT molecular complexity index is 900. The molecule has 3 rings (SSSR count). The fourth-order valence-corrected chi connectivity index (χ4v) is 3.99. The van der Waals surface area contributed by atoms with Crippen molar-refractivity contribution in [3.05, 3.63) is 77.5 Å². The van der Waals surface area contributed by atoms with E-state index < -0.39 is 5.41 Å². The molecule has 29 heavy (non-hydrogen) atoms. The van der Waals surface area contributed by atoms with Crippen molar-refractivity contribution in [1.82, 2.24) is 20.1 Å². The van der Waals surface area contributed by atoms with Crippen molar-refractivity contribution in [1.29, 1.82) is 0 Å². The van der Waals surface area contributed by atoms with Crippen molar-refractivity contribution in [2.45, 2.75) is 58.5 Å². The molecule has 2 heterocycles. The van der Waals surface area contributed by atoms with Gasteiger partial charge in [0.2, 0.25) is 11.8 Å². The minimum atomic E-state index is -0.766. The normalized spacial score (nSPS) is 14.0. The van der Waals surface area contributed by atoms with Crippen LogP contribution in [0.5, 0.6) is 0 Å². The molecule has 0 spiro atoms. The standard InChI is InChI=1S/C23H29FN4O/c1-16(2)28(17(3)4)15-13-23(21-8-6-7-14-25-21,22-27-26-18(5)29-22)19-9-11-20(24)12-10-19/h6-12,14,16-17H,13,15H2,1-5H3. The largest absolute Gasteiger partial charge is 0.424 e. The summed E-state index contributed by atoms with van der Waals surface area (Å²) in [6, 6.07) is 13.1. The summed E-state index contributed by atoms with van der Waals surface area (Å²) in [4.78, 5) is 7.08. The van der Waals surface area contributed by atoms with Gasteiger partial charge in [0.15, 0.2) is 0 Å². The van der Waals surface area contributed by atoms with Crippen LogP contribution in [0.3, 0.4) is 0 Å². The molecule has 0 aliphatic heterocycles. The molecular formula is C23H29FN4O. The van der Waals surface area contributed by atoms with Gasteiger partial charge in [-0.2, -0.15) is 0 Å². The Hall–Kier alpha value is -2.60. The van der Waals surface area contributed by atoms with Gasteiger partial charge in [0.1, 0.15) is 11.2 Å². The van der Waals surface area contributed by atoms with Crippen LogP contribution in [0.4, 0.5) is 4.39 Å². The van der Waals surface area contributed by atoms with Crippen LogP contribution in [0, 0.1) is 12.7 Å². The van der Waals surface area contributed by atoms with E-state index in [0.717, 1.165) is 17.8 Å². The predicted octanol–water partition coefficient (Wildman–Crippen LogP) is 4.76. The quantitative estimate of drug-likeness (QED) is 0.550. The molecule has 0 bridgehead atoms. The van der Waals surface area contributed by atoms with Crippen LogP contribution < -0.4 is 0 Å². The number of benzene rings is 1. The molecule has 154 valence electrons. The lowest BCUT2D eigenvalue weighted by molar-refractivity contribution is 0.160. The van der Waals surface area contributed by atoms with E-state index >= 15 is 0 Å². The Morgan fingerprint density at radius 2 is 1.69 bits per heavy atom. The zero-order chi connectivity index (χ0) is 21.0. The molecule has 0 N–H and O–H groups in total. The van der Waals surface area contributed by atoms with E-state index in [1.54, 1.807) is 25.3 Å². The Labute approximate surface area is 172 Å². The van der Waals surface area contributed by atoms with Gasteiger partial charge < -0.3 is 4.42 Å². The lowest BCUT2D eigenvalue weighted by atomic mass is 9.74. The minimum Gasteiger partial charge on any atom is -0.424 e. The zero-order valence-electron chi connectivity index (χ0n) is 17.8. The topological polar surface area (TPSA) is 55.1 Å². The third-order valence-electron chi connectivity index (χ3n) is 5.40. The summed E-state index contributed by atoms with van der Waals surface area (Å²) < 4.78 is 19.7. The van der Waals surface area contributed by atoms with Gasteiger partial charge >= 0.3 is 0 Å². The third-order valence-corrected chi connectivity index (χ3v) is 5.40. The summed E-state index contributed by atoms with van der Waals surface area (Å²) in [6.45, 7) is 11.3. The maximum absolute atomic E-state index is 13.7. The highest BCUT2D eigenvalue weighted by atomic mass is 19.1. The number of aromatic nitrogens is 3. The van der Waals surface area contributed by atoms with E-state index in [9.17, 15) is 4.39 Å². The molecule has 0 aliphatic rings. The number of nitrogens with zero attached hydrogens (tertiary/aromatic N) is 4. The van der Waals surface area contributed by atoms with E-state index in [1.807, 2.05) is 18.2 Å². The lowest BCUT2D eigenvalue weighted by Gasteiger charge is -2.36. The van der Waals surface area contributed by atoms with Crippen LogP contribution in [0.2, 0.25) is 0 Å². The first-order chi connectivity index (χ1) is 13.8. The molecule has 0 radical (unpaired) electrons. The third kappa shape index (κ3) is 4.37. The summed E-state index contributed by atoms with van der Waals surface area (Å²) >= 11 is 0. The molecule has 1 unspecified atom stereocenters. The van der Waals surface area contributed by atoms with Crippen molar-refractivity contribution in [2.75, 3.05) is 6.54 Å². The molecule has 0 saturated heterocycles. The Kier molecular flexibility index (Phi) is 6.42. The van der Waals surface area contributed by atoms with E-state index in [4.69, 9.17) is 4.42 Å². The summed E-state index contributed by atoms with van der Waals surface area (Å²) in [5.41, 5.74) is 0.926. The minimum absolute atomic E-state index is 0.281. The fraction of sp³-hybridized carbons (Fsp3) is 0.435. The van der Waals surface area contributed by atoms with Crippen molar-refractivity contribution in [3.63, 3.8) is 0 Å². The van der Waals surface area contributed by atoms with Crippen LogP contribution in [0.15, 0.2) is 53.1 Å². The lowest BCUT2D eigenvalue weighted by Crippen LogP contribution is -2.42. The first kappa shape index (κ1) is 21.1. The highest BCUT2D eigenvalue weighted by Crippen LogP contribution is 2.41. The number of hydrogen-bond acceptors (Lipinski definition) is 5. The van der Waals surface area contributed by atoms with Crippen molar-refractivity contribution in [2.24, 2.45) is 0 Å². The SMILES string of the molecule is Cc1nnc(C(CCN(C(C)C)C(C)C)(c2ccc(F)cc2)c2ccccn2)o1. The van der Waals surface area contributed by atoms with Crippen molar-refractivity contribution in [3.8, 4) is 0 Å². The first-order valence-corrected chi connectivity index (χ1v) is 10.1. The second-order valence-electron chi connectivity index (χ2n) is 7.93. The van der Waals surface area contributed by atoms with Crippen LogP contribution in [0.25, 0.3) is 0 Å². The van der Waals surface area contributed by atoms with Gasteiger partial charge in [0.05, 0.1) is 5.69 Å². The fourth-order valence-electron chi connectivity index (χ4n) is 3.99. The Balaban J connectivity index is 2.18. The zero-order valence-corrected chi connectivity index (χ0v) is 17.8. The molecule has 0 fully saturated rings. The van der Waals surface area contributed by atoms with Crippen molar-refractivity contribution >= 4 is 0 Å². The Morgan fingerprint density at radius 3 is 2.21 bits per heavy atom. The maximum atomic E-state index is 13.7. The smallest absolute Gasteiger partial charge is 0.233 e. The highest BCUT2D eigenvalue weighted by molar-refractivity contribution is 5.42. The van der Waals surface area contributed by atoms with E-state index in [1.165, 1.54) is 12.1 Å². The number of rotatable bonds is 8. The molecular weight excluding hydrogens is 367 g/mol. The molecule has 1 atom stereocenters. The van der Waals surface area contributed by atoms with E-state index in [-0.39, 0.29) is 5.82 Å². The molecule has 5 nitrogen and oxygen atoms in total. The van der Waals surface area contributed by atoms with Gasteiger partial charge in [-0.05, 0) is 63.9 Å². The van der Waals surface area contributed by atoms with Crippen LogP contribution in [-0.2, 0) is 5.41 Å². The van der Waals surface area contributed by atoms with E-state index in [0.29, 0.717) is 30.3 Å². The van der Waals surface area contributed by atoms with Gasteiger partial charge in [-0.1, -0.05) is 18.2 Å². The van der Waals surface area contributed by atoms with Gasteiger partial charge in [0.25, 0.3) is 0 Å². The average Bonchev–Trinajstić information content (AvgIpc) is 3.13. The molecule has 3 aromatic rings. The molecule has 0 amide bonds. The number of pyridine rings is 1. The summed E-state index contributed by atoms with van der Waals surface area (Å²) in [5, 5.41) is 8.48. The van der Waals surface area contributed by atoms with Gasteiger partial charge in [-0.15, -0.1) is 10.2 Å². The van der Waals surface area contributed by atoms with Crippen LogP contribution >= 0.6 is 0 Å². The summed E-state index contributed by atoms with van der Waals surface area (Å²) in [6.07, 6.45) is 2.44. The van der Waals surface area contributed by atoms with Crippen LogP contribution in [-0.4, -0.2) is 38.7 Å². The highest BCUT2D eigenvalue weighted by Gasteiger charge is 2.43. The molecule has 6 heteroatoms. The second-order valence-corrected chi connectivity index (χ2v) is 7.93. The first-order valence-electron chi connectivity index (χ1n) is 10.1. The Morgan fingerprint density at radius 1 is 1.00 bits per heavy atom. The van der Waals surface area contributed by atoms with Gasteiger partial charge in [-0.25, -0.2) is 4.39 Å². The molecule has 2 aromatic heterocycles. The monoisotopic (exact) mass is 396 g/mol. The molecule has 1 aromatic carbocycles. The summed E-state index contributed by atoms with van der Waals surface area (Å²) in [7, 11) is 0. The van der Waals surface area contributed by atoms with Gasteiger partial charge in [-0.3, -0.25) is 9.88 Å². The van der Waals surface area contributed by atoms with Gasteiger partial charge in [0, 0.05) is 31.7 Å². The van der Waals surface area contributed by atoms with Crippen molar-refractivity contribution < 1.29 is 8.81 Å². The maximum Gasteiger partial charge on any atom is 0.233 e. The average molecular weight is 397 g/mol. The molecule has 0 saturated carbocycles. The van der Waals surface area contributed by atoms with Crippen LogP contribution in [0.1, 0.15) is 57.2 Å².